The largest absolute Gasteiger partial charge is 0.355 e. The van der Waals surface area contributed by atoms with Crippen molar-refractivity contribution in [3.05, 3.63) is 0 Å². The summed E-state index contributed by atoms with van der Waals surface area (Å²) >= 11 is 0. The average molecular weight is 398 g/mol. The first-order chi connectivity index (χ1) is 9.01. The van der Waals surface area contributed by atoms with Crippen molar-refractivity contribution in [2.75, 3.05) is 27.2 Å². The number of nitrogens with zero attached hydrogens (tertiary/aromatic N) is 2. The van der Waals surface area contributed by atoms with E-state index in [0.29, 0.717) is 12.1 Å². The third kappa shape index (κ3) is 11.8. The molecule has 20 heavy (non-hydrogen) atoms. The second-order valence-electron chi connectivity index (χ2n) is 5.61. The van der Waals surface area contributed by atoms with Gasteiger partial charge in [-0.2, -0.15) is 0 Å². The second-order valence-corrected chi connectivity index (χ2v) is 5.61. The predicted octanol–water partition coefficient (Wildman–Crippen LogP) is 3.08. The highest BCUT2D eigenvalue weighted by Gasteiger charge is 2.06. The van der Waals surface area contributed by atoms with E-state index >= 15 is 0 Å². The number of likely N-dealkylation sites (N-methyl/N-ethyl adjacent to an activating group) is 1. The molecule has 0 aliphatic rings. The van der Waals surface area contributed by atoms with E-state index in [1.807, 2.05) is 7.05 Å². The van der Waals surface area contributed by atoms with Crippen molar-refractivity contribution in [2.24, 2.45) is 4.99 Å². The van der Waals surface area contributed by atoms with Crippen LogP contribution in [0.5, 0.6) is 0 Å². The van der Waals surface area contributed by atoms with Crippen LogP contribution in [-0.4, -0.2) is 50.1 Å². The van der Waals surface area contributed by atoms with Crippen LogP contribution in [0.4, 0.5) is 0 Å². The van der Waals surface area contributed by atoms with E-state index in [-0.39, 0.29) is 24.0 Å². The van der Waals surface area contributed by atoms with Crippen molar-refractivity contribution >= 4 is 29.9 Å². The molecule has 0 aliphatic carbocycles. The van der Waals surface area contributed by atoms with Gasteiger partial charge in [0.15, 0.2) is 5.96 Å². The van der Waals surface area contributed by atoms with Gasteiger partial charge >= 0.3 is 0 Å². The van der Waals surface area contributed by atoms with Gasteiger partial charge < -0.3 is 15.5 Å². The van der Waals surface area contributed by atoms with Crippen LogP contribution < -0.4 is 10.6 Å². The van der Waals surface area contributed by atoms with Crippen LogP contribution in [0.15, 0.2) is 4.99 Å². The lowest BCUT2D eigenvalue weighted by molar-refractivity contribution is 0.278. The number of rotatable bonds is 9. The summed E-state index contributed by atoms with van der Waals surface area (Å²) in [4.78, 5) is 6.60. The molecule has 0 aliphatic heterocycles. The lowest BCUT2D eigenvalue weighted by Gasteiger charge is -2.22. The Morgan fingerprint density at radius 1 is 1.20 bits per heavy atom. The van der Waals surface area contributed by atoms with Gasteiger partial charge in [0.1, 0.15) is 0 Å². The molecule has 5 heteroatoms. The van der Waals surface area contributed by atoms with Gasteiger partial charge in [-0.15, -0.1) is 24.0 Å². The molecule has 0 aromatic carbocycles. The van der Waals surface area contributed by atoms with Crippen LogP contribution in [-0.2, 0) is 0 Å². The molecule has 0 bridgehead atoms. The van der Waals surface area contributed by atoms with E-state index < -0.39 is 0 Å². The maximum Gasteiger partial charge on any atom is 0.191 e. The summed E-state index contributed by atoms with van der Waals surface area (Å²) in [5, 5.41) is 6.82. The van der Waals surface area contributed by atoms with Crippen molar-refractivity contribution < 1.29 is 0 Å². The highest BCUT2D eigenvalue weighted by molar-refractivity contribution is 14.0. The lowest BCUT2D eigenvalue weighted by Crippen LogP contribution is -2.45. The van der Waals surface area contributed by atoms with Crippen LogP contribution >= 0.6 is 24.0 Å². The van der Waals surface area contributed by atoms with Crippen molar-refractivity contribution in [1.82, 2.24) is 15.5 Å². The average Bonchev–Trinajstić information content (AvgIpc) is 2.37. The fraction of sp³-hybridized carbons (Fsp3) is 0.933. The van der Waals surface area contributed by atoms with Gasteiger partial charge in [0.25, 0.3) is 0 Å². The summed E-state index contributed by atoms with van der Waals surface area (Å²) in [6.45, 7) is 10.8. The zero-order chi connectivity index (χ0) is 14.7. The number of hydrogen-bond donors (Lipinski definition) is 2. The number of unbranched alkanes of at least 4 members (excludes halogenated alkanes) is 2. The Kier molecular flexibility index (Phi) is 15.5. The second kappa shape index (κ2) is 13.9. The normalized spacial score (nSPS) is 13.3. The summed E-state index contributed by atoms with van der Waals surface area (Å²) in [6, 6.07) is 1.07. The van der Waals surface area contributed by atoms with Crippen LogP contribution in [0.25, 0.3) is 0 Å². The molecule has 0 saturated carbocycles. The van der Waals surface area contributed by atoms with Crippen molar-refractivity contribution in [1.29, 1.82) is 0 Å². The summed E-state index contributed by atoms with van der Waals surface area (Å²) in [5.74, 6) is 0.918. The summed E-state index contributed by atoms with van der Waals surface area (Å²) in [5.41, 5.74) is 0. The van der Waals surface area contributed by atoms with Crippen LogP contribution in [0.3, 0.4) is 0 Å². The summed E-state index contributed by atoms with van der Waals surface area (Å²) in [6.07, 6.45) is 5.09. The maximum atomic E-state index is 4.27. The minimum atomic E-state index is 0. The molecule has 0 radical (unpaired) electrons. The van der Waals surface area contributed by atoms with Gasteiger partial charge in [0, 0.05) is 32.2 Å². The number of nitrogens with one attached hydrogen (secondary N) is 2. The Hall–Kier alpha value is -0.0400. The molecular weight excluding hydrogens is 363 g/mol. The number of halogens is 1. The molecule has 2 N–H and O–H groups in total. The zero-order valence-corrected chi connectivity index (χ0v) is 16.5. The first kappa shape index (κ1) is 22.2. The third-order valence-electron chi connectivity index (χ3n) is 3.49. The topological polar surface area (TPSA) is 39.7 Å². The summed E-state index contributed by atoms with van der Waals surface area (Å²) < 4.78 is 0. The molecule has 0 aromatic heterocycles. The molecular formula is C15H35IN4. The van der Waals surface area contributed by atoms with Crippen LogP contribution in [0.1, 0.15) is 53.4 Å². The Bertz CT molecular complexity index is 244. The van der Waals surface area contributed by atoms with Gasteiger partial charge in [-0.3, -0.25) is 4.99 Å². The minimum Gasteiger partial charge on any atom is -0.355 e. The Labute approximate surface area is 143 Å². The molecule has 0 saturated heterocycles. The van der Waals surface area contributed by atoms with E-state index in [1.165, 1.54) is 25.7 Å². The molecule has 4 nitrogen and oxygen atoms in total. The van der Waals surface area contributed by atoms with E-state index in [2.05, 4.69) is 55.3 Å². The predicted molar refractivity (Wildman–Crippen MR) is 101 cm³/mol. The van der Waals surface area contributed by atoms with E-state index in [9.17, 15) is 0 Å². The Morgan fingerprint density at radius 3 is 2.35 bits per heavy atom. The van der Waals surface area contributed by atoms with Crippen molar-refractivity contribution in [2.45, 2.75) is 65.5 Å². The molecule has 0 amide bonds. The Morgan fingerprint density at radius 2 is 1.85 bits per heavy atom. The SMILES string of the molecule is CCCCCC(C)NC(=NC)NCCN(C)C(C)C.I. The third-order valence-corrected chi connectivity index (χ3v) is 3.49. The first-order valence-corrected chi connectivity index (χ1v) is 7.68. The van der Waals surface area contributed by atoms with Crippen molar-refractivity contribution in [3.63, 3.8) is 0 Å². The van der Waals surface area contributed by atoms with Crippen LogP contribution in [0.2, 0.25) is 0 Å². The highest BCUT2D eigenvalue weighted by atomic mass is 127. The monoisotopic (exact) mass is 398 g/mol. The fourth-order valence-corrected chi connectivity index (χ4v) is 1.81. The molecule has 0 aromatic rings. The first-order valence-electron chi connectivity index (χ1n) is 7.68. The van der Waals surface area contributed by atoms with Gasteiger partial charge in [-0.1, -0.05) is 26.2 Å². The standard InChI is InChI=1S/C15H34N4.HI/c1-7-8-9-10-14(4)18-15(16-5)17-11-12-19(6)13(2)3;/h13-14H,7-12H2,1-6H3,(H2,16,17,18);1H. The van der Waals surface area contributed by atoms with Gasteiger partial charge in [-0.25, -0.2) is 0 Å². The smallest absolute Gasteiger partial charge is 0.191 e. The molecule has 122 valence electrons. The van der Waals surface area contributed by atoms with Gasteiger partial charge in [-0.05, 0) is 34.2 Å². The molecule has 0 spiro atoms. The number of aliphatic imine (C=N–C) groups is 1. The van der Waals surface area contributed by atoms with Gasteiger partial charge in [0.05, 0.1) is 0 Å². The summed E-state index contributed by atoms with van der Waals surface area (Å²) in [7, 11) is 3.98. The Balaban J connectivity index is 0. The van der Waals surface area contributed by atoms with Crippen LogP contribution in [0, 0.1) is 0 Å². The molecule has 1 unspecified atom stereocenters. The van der Waals surface area contributed by atoms with E-state index in [4.69, 9.17) is 0 Å². The zero-order valence-electron chi connectivity index (χ0n) is 14.2. The maximum absolute atomic E-state index is 4.27. The van der Waals surface area contributed by atoms with Gasteiger partial charge in [0.2, 0.25) is 0 Å². The molecule has 0 fully saturated rings. The van der Waals surface area contributed by atoms with E-state index in [1.54, 1.807) is 0 Å². The molecule has 1 atom stereocenters. The minimum absolute atomic E-state index is 0. The molecule has 0 rings (SSSR count). The highest BCUT2D eigenvalue weighted by Crippen LogP contribution is 2.02. The fourth-order valence-electron chi connectivity index (χ4n) is 1.81. The molecule has 0 heterocycles. The van der Waals surface area contributed by atoms with E-state index in [0.717, 1.165) is 19.0 Å². The number of guanidine groups is 1. The van der Waals surface area contributed by atoms with Crippen molar-refractivity contribution in [3.8, 4) is 0 Å². The lowest BCUT2D eigenvalue weighted by atomic mass is 10.1. The number of hydrogen-bond acceptors (Lipinski definition) is 2. The quantitative estimate of drug-likeness (QED) is 0.271.